The Balaban J connectivity index is 1.62. The third-order valence-electron chi connectivity index (χ3n) is 3.67. The van der Waals surface area contributed by atoms with E-state index in [0.29, 0.717) is 28.6 Å². The van der Waals surface area contributed by atoms with Gasteiger partial charge in [-0.1, -0.05) is 17.7 Å². The monoisotopic (exact) mass is 373 g/mol. The van der Waals surface area contributed by atoms with E-state index in [1.54, 1.807) is 30.3 Å². The van der Waals surface area contributed by atoms with Crippen LogP contribution >= 0.6 is 23.3 Å². The maximum absolute atomic E-state index is 12.3. The van der Waals surface area contributed by atoms with Crippen molar-refractivity contribution in [3.8, 4) is 5.75 Å². The summed E-state index contributed by atoms with van der Waals surface area (Å²) in [5, 5.41) is 3.45. The topological polar surface area (TPSA) is 64.1 Å². The maximum atomic E-state index is 12.3. The minimum absolute atomic E-state index is 0.203. The molecule has 0 radical (unpaired) electrons. The molecule has 0 aliphatic carbocycles. The molecule has 1 amide bonds. The normalized spacial score (nSPS) is 10.5. The minimum Gasteiger partial charge on any atom is -0.487 e. The predicted molar refractivity (Wildman–Crippen MR) is 99.6 cm³/mol. The zero-order valence-electron chi connectivity index (χ0n) is 13.7. The van der Waals surface area contributed by atoms with Crippen LogP contribution in [0, 0.1) is 13.8 Å². The standard InChI is InChI=1S/C18H16ClN3O2S/c1-11-3-6-14(9-16(11)19)20-18(23)13-4-7-15(8-5-13)24-10-17-12(2)21-25-22-17/h3-9H,10H2,1-2H3,(H,20,23). The second-order valence-electron chi connectivity index (χ2n) is 5.53. The molecule has 0 unspecified atom stereocenters. The number of carbonyl (C=O) groups is 1. The molecule has 128 valence electrons. The highest BCUT2D eigenvalue weighted by atomic mass is 35.5. The molecule has 7 heteroatoms. The molecule has 1 heterocycles. The summed E-state index contributed by atoms with van der Waals surface area (Å²) in [7, 11) is 0. The van der Waals surface area contributed by atoms with E-state index in [4.69, 9.17) is 16.3 Å². The summed E-state index contributed by atoms with van der Waals surface area (Å²) in [5.74, 6) is 0.466. The average Bonchev–Trinajstić information content (AvgIpc) is 3.02. The first-order valence-corrected chi connectivity index (χ1v) is 8.72. The lowest BCUT2D eigenvalue weighted by molar-refractivity contribution is 0.102. The Morgan fingerprint density at radius 1 is 1.16 bits per heavy atom. The molecule has 0 atom stereocenters. The van der Waals surface area contributed by atoms with Gasteiger partial charge in [0, 0.05) is 16.3 Å². The molecule has 0 aliphatic rings. The van der Waals surface area contributed by atoms with Gasteiger partial charge in [0.15, 0.2) is 0 Å². The van der Waals surface area contributed by atoms with Gasteiger partial charge in [-0.25, -0.2) is 0 Å². The van der Waals surface area contributed by atoms with Crippen molar-refractivity contribution < 1.29 is 9.53 Å². The number of hydrogen-bond acceptors (Lipinski definition) is 5. The highest BCUT2D eigenvalue weighted by Gasteiger charge is 2.08. The quantitative estimate of drug-likeness (QED) is 0.707. The summed E-state index contributed by atoms with van der Waals surface area (Å²) in [4.78, 5) is 12.3. The lowest BCUT2D eigenvalue weighted by Gasteiger charge is -2.08. The number of halogens is 1. The molecule has 0 spiro atoms. The fourth-order valence-corrected chi connectivity index (χ4v) is 2.84. The van der Waals surface area contributed by atoms with Crippen molar-refractivity contribution in [3.63, 3.8) is 0 Å². The highest BCUT2D eigenvalue weighted by molar-refractivity contribution is 6.99. The van der Waals surface area contributed by atoms with E-state index in [-0.39, 0.29) is 5.91 Å². The number of nitrogens with zero attached hydrogens (tertiary/aromatic N) is 2. The number of hydrogen-bond donors (Lipinski definition) is 1. The van der Waals surface area contributed by atoms with Crippen molar-refractivity contribution in [3.05, 3.63) is 70.0 Å². The van der Waals surface area contributed by atoms with E-state index in [1.165, 1.54) is 11.7 Å². The van der Waals surface area contributed by atoms with Gasteiger partial charge in [0.25, 0.3) is 5.91 Å². The van der Waals surface area contributed by atoms with E-state index in [9.17, 15) is 4.79 Å². The number of aryl methyl sites for hydroxylation is 2. The molecule has 0 aliphatic heterocycles. The van der Waals surface area contributed by atoms with E-state index in [0.717, 1.165) is 17.0 Å². The Kier molecular flexibility index (Phi) is 5.31. The van der Waals surface area contributed by atoms with Gasteiger partial charge in [0.2, 0.25) is 0 Å². The summed E-state index contributed by atoms with van der Waals surface area (Å²) in [6.07, 6.45) is 0. The summed E-state index contributed by atoms with van der Waals surface area (Å²) < 4.78 is 13.9. The van der Waals surface area contributed by atoms with Crippen molar-refractivity contribution in [2.45, 2.75) is 20.5 Å². The first-order valence-electron chi connectivity index (χ1n) is 7.61. The summed E-state index contributed by atoms with van der Waals surface area (Å²) in [6, 6.07) is 12.4. The van der Waals surface area contributed by atoms with Crippen LogP contribution in [-0.2, 0) is 6.61 Å². The number of amides is 1. The molecule has 3 rings (SSSR count). The van der Waals surface area contributed by atoms with Crippen LogP contribution in [0.3, 0.4) is 0 Å². The molecule has 1 aromatic heterocycles. The van der Waals surface area contributed by atoms with Gasteiger partial charge in [0.05, 0.1) is 17.4 Å². The van der Waals surface area contributed by atoms with E-state index >= 15 is 0 Å². The molecule has 0 bridgehead atoms. The number of aromatic nitrogens is 2. The number of anilines is 1. The lowest BCUT2D eigenvalue weighted by atomic mass is 10.2. The molecule has 0 saturated carbocycles. The molecule has 1 N–H and O–H groups in total. The minimum atomic E-state index is -0.203. The van der Waals surface area contributed by atoms with Crippen LogP contribution in [0.25, 0.3) is 0 Å². The fourth-order valence-electron chi connectivity index (χ4n) is 2.11. The predicted octanol–water partition coefficient (Wildman–Crippen LogP) is 4.64. The van der Waals surface area contributed by atoms with Gasteiger partial charge in [-0.15, -0.1) is 0 Å². The average molecular weight is 374 g/mol. The Labute approximate surface area is 154 Å². The van der Waals surface area contributed by atoms with Gasteiger partial charge in [-0.2, -0.15) is 8.75 Å². The Hall–Kier alpha value is -2.44. The van der Waals surface area contributed by atoms with E-state index in [2.05, 4.69) is 14.1 Å². The third kappa shape index (κ3) is 4.35. The van der Waals surface area contributed by atoms with Crippen molar-refractivity contribution in [1.82, 2.24) is 8.75 Å². The van der Waals surface area contributed by atoms with Crippen LogP contribution in [0.15, 0.2) is 42.5 Å². The number of ether oxygens (including phenoxy) is 1. The van der Waals surface area contributed by atoms with E-state index in [1.807, 2.05) is 26.0 Å². The zero-order valence-corrected chi connectivity index (χ0v) is 15.3. The molecule has 2 aromatic carbocycles. The van der Waals surface area contributed by atoms with Gasteiger partial charge in [-0.05, 0) is 55.8 Å². The summed E-state index contributed by atoms with van der Waals surface area (Å²) in [6.45, 7) is 4.17. The van der Waals surface area contributed by atoms with Crippen LogP contribution in [0.5, 0.6) is 5.75 Å². The number of carbonyl (C=O) groups excluding carboxylic acids is 1. The number of benzene rings is 2. The number of rotatable bonds is 5. The Morgan fingerprint density at radius 3 is 2.56 bits per heavy atom. The molecule has 0 saturated heterocycles. The van der Waals surface area contributed by atoms with Crippen LogP contribution in [0.4, 0.5) is 5.69 Å². The van der Waals surface area contributed by atoms with Gasteiger partial charge < -0.3 is 10.1 Å². The summed E-state index contributed by atoms with van der Waals surface area (Å²) in [5.41, 5.74) is 3.86. The molecule has 25 heavy (non-hydrogen) atoms. The second-order valence-corrected chi connectivity index (χ2v) is 6.46. The van der Waals surface area contributed by atoms with E-state index < -0.39 is 0 Å². The second kappa shape index (κ2) is 7.63. The highest BCUT2D eigenvalue weighted by Crippen LogP contribution is 2.21. The van der Waals surface area contributed by atoms with Crippen LogP contribution in [-0.4, -0.2) is 14.7 Å². The smallest absolute Gasteiger partial charge is 0.255 e. The summed E-state index contributed by atoms with van der Waals surface area (Å²) >= 11 is 7.24. The lowest BCUT2D eigenvalue weighted by Crippen LogP contribution is -2.11. The zero-order chi connectivity index (χ0) is 17.8. The third-order valence-corrected chi connectivity index (χ3v) is 4.73. The molecule has 0 fully saturated rings. The van der Waals surface area contributed by atoms with Crippen molar-refractivity contribution in [1.29, 1.82) is 0 Å². The van der Waals surface area contributed by atoms with Gasteiger partial charge in [0.1, 0.15) is 18.1 Å². The van der Waals surface area contributed by atoms with Crippen molar-refractivity contribution in [2.75, 3.05) is 5.32 Å². The first kappa shape index (κ1) is 17.4. The van der Waals surface area contributed by atoms with Crippen LogP contribution < -0.4 is 10.1 Å². The Morgan fingerprint density at radius 2 is 1.92 bits per heavy atom. The van der Waals surface area contributed by atoms with Crippen LogP contribution in [0.2, 0.25) is 5.02 Å². The first-order chi connectivity index (χ1) is 12.0. The van der Waals surface area contributed by atoms with Gasteiger partial charge >= 0.3 is 0 Å². The maximum Gasteiger partial charge on any atom is 0.255 e. The SMILES string of the molecule is Cc1ccc(NC(=O)c2ccc(OCc3nsnc3C)cc2)cc1Cl. The number of nitrogens with one attached hydrogen (secondary N) is 1. The van der Waals surface area contributed by atoms with Crippen LogP contribution in [0.1, 0.15) is 27.3 Å². The molecular weight excluding hydrogens is 358 g/mol. The largest absolute Gasteiger partial charge is 0.487 e. The fraction of sp³-hybridized carbons (Fsp3) is 0.167. The molecular formula is C18H16ClN3O2S. The van der Waals surface area contributed by atoms with Crippen molar-refractivity contribution >= 4 is 34.9 Å². The van der Waals surface area contributed by atoms with Crippen molar-refractivity contribution in [2.24, 2.45) is 0 Å². The molecule has 3 aromatic rings. The molecule has 5 nitrogen and oxygen atoms in total. The van der Waals surface area contributed by atoms with Gasteiger partial charge in [-0.3, -0.25) is 4.79 Å². The Bertz CT molecular complexity index is 894.